The van der Waals surface area contributed by atoms with Crippen LogP contribution in [-0.4, -0.2) is 40.0 Å². The molecule has 2 bridgehead atoms. The molecule has 2 fully saturated rings. The summed E-state index contributed by atoms with van der Waals surface area (Å²) in [5.74, 6) is 1.80. The Labute approximate surface area is 150 Å². The van der Waals surface area contributed by atoms with Crippen LogP contribution in [0, 0.1) is 13.8 Å². The molecular weight excluding hydrogens is 310 g/mol. The molecule has 4 heteroatoms. The third kappa shape index (κ3) is 3.51. The number of aryl methyl sites for hydroxylation is 2. The third-order valence-corrected chi connectivity index (χ3v) is 6.15. The molecule has 0 N–H and O–H groups in total. The van der Waals surface area contributed by atoms with Crippen LogP contribution in [0.15, 0.2) is 34.7 Å². The maximum absolute atomic E-state index is 5.78. The second-order valence-electron chi connectivity index (χ2n) is 7.83. The Hall–Kier alpha value is -1.65. The van der Waals surface area contributed by atoms with Crippen LogP contribution in [0.1, 0.15) is 48.6 Å². The molecule has 25 heavy (non-hydrogen) atoms. The molecule has 0 saturated carbocycles. The molecule has 3 atom stereocenters. The van der Waals surface area contributed by atoms with Gasteiger partial charge in [0, 0.05) is 24.7 Å². The van der Waals surface area contributed by atoms with Crippen molar-refractivity contribution >= 4 is 0 Å². The molecule has 0 spiro atoms. The predicted octanol–water partition coefficient (Wildman–Crippen LogP) is 3.92. The van der Waals surface area contributed by atoms with Gasteiger partial charge in [-0.15, -0.1) is 0 Å². The van der Waals surface area contributed by atoms with Gasteiger partial charge >= 0.3 is 0 Å². The molecule has 0 aliphatic carbocycles. The Morgan fingerprint density at radius 3 is 2.40 bits per heavy atom. The molecule has 2 saturated heterocycles. The van der Waals surface area contributed by atoms with E-state index >= 15 is 0 Å². The van der Waals surface area contributed by atoms with Crippen LogP contribution in [0.3, 0.4) is 0 Å². The number of benzene rings is 1. The molecule has 2 aromatic rings. The van der Waals surface area contributed by atoms with E-state index in [-0.39, 0.29) is 0 Å². The summed E-state index contributed by atoms with van der Waals surface area (Å²) in [7, 11) is 2.23. The molecule has 0 amide bonds. The number of piperidine rings is 1. The minimum Gasteiger partial charge on any atom is -0.444 e. The first-order chi connectivity index (χ1) is 12.1. The van der Waals surface area contributed by atoms with Crippen molar-refractivity contribution in [3.63, 3.8) is 0 Å². The Bertz CT molecular complexity index is 678. The fraction of sp³-hybridized carbons (Fsp3) is 0.571. The van der Waals surface area contributed by atoms with Gasteiger partial charge in [-0.3, -0.25) is 9.80 Å². The largest absolute Gasteiger partial charge is 0.444 e. The summed E-state index contributed by atoms with van der Waals surface area (Å²) in [5.41, 5.74) is 2.46. The summed E-state index contributed by atoms with van der Waals surface area (Å²) in [6, 6.07) is 13.0. The van der Waals surface area contributed by atoms with Gasteiger partial charge < -0.3 is 4.42 Å². The van der Waals surface area contributed by atoms with Crippen LogP contribution >= 0.6 is 0 Å². The highest BCUT2D eigenvalue weighted by atomic mass is 16.4. The van der Waals surface area contributed by atoms with Crippen molar-refractivity contribution in [2.45, 2.75) is 70.7 Å². The van der Waals surface area contributed by atoms with Gasteiger partial charge in [-0.1, -0.05) is 30.3 Å². The van der Waals surface area contributed by atoms with Gasteiger partial charge in [-0.25, -0.2) is 4.98 Å². The lowest BCUT2D eigenvalue weighted by molar-refractivity contribution is 0.0587. The van der Waals surface area contributed by atoms with Crippen molar-refractivity contribution in [2.24, 2.45) is 0 Å². The number of rotatable bonds is 5. The standard InChI is InChI=1S/C21H29N3O/c1-15-16(2)25-21(22-15)14-23(3)20-11-18-9-10-19(12-20)24(18)13-17-7-5-4-6-8-17/h4-8,18-20H,9-14H2,1-3H3/t18-,19+,20?. The van der Waals surface area contributed by atoms with E-state index in [4.69, 9.17) is 4.42 Å². The van der Waals surface area contributed by atoms with Crippen LogP contribution < -0.4 is 0 Å². The van der Waals surface area contributed by atoms with Gasteiger partial charge in [0.25, 0.3) is 0 Å². The molecule has 2 aliphatic heterocycles. The van der Waals surface area contributed by atoms with Crippen LogP contribution in [0.5, 0.6) is 0 Å². The first-order valence-electron chi connectivity index (χ1n) is 9.53. The van der Waals surface area contributed by atoms with Crippen LogP contribution in [-0.2, 0) is 13.1 Å². The molecule has 1 aromatic carbocycles. The van der Waals surface area contributed by atoms with Crippen molar-refractivity contribution in [3.8, 4) is 0 Å². The predicted molar refractivity (Wildman–Crippen MR) is 99.3 cm³/mol. The molecule has 2 aliphatic rings. The average Bonchev–Trinajstić information content (AvgIpc) is 3.02. The normalized spacial score (nSPS) is 26.5. The van der Waals surface area contributed by atoms with Gasteiger partial charge in [0.15, 0.2) is 0 Å². The molecular formula is C21H29N3O. The van der Waals surface area contributed by atoms with Gasteiger partial charge in [0.1, 0.15) is 5.76 Å². The SMILES string of the molecule is Cc1nc(CN(C)C2C[C@H]3CC[C@@H](C2)N3Cc2ccccc2)oc1C. The molecule has 1 unspecified atom stereocenters. The number of oxazole rings is 1. The fourth-order valence-corrected chi connectivity index (χ4v) is 4.61. The number of hydrogen-bond acceptors (Lipinski definition) is 4. The monoisotopic (exact) mass is 339 g/mol. The number of aromatic nitrogens is 1. The van der Waals surface area contributed by atoms with Crippen molar-refractivity contribution < 1.29 is 4.42 Å². The van der Waals surface area contributed by atoms with E-state index in [0.717, 1.165) is 42.5 Å². The second-order valence-corrected chi connectivity index (χ2v) is 7.83. The molecule has 3 heterocycles. The van der Waals surface area contributed by atoms with E-state index in [1.165, 1.54) is 31.2 Å². The number of hydrogen-bond donors (Lipinski definition) is 0. The van der Waals surface area contributed by atoms with E-state index in [2.05, 4.69) is 52.2 Å². The van der Waals surface area contributed by atoms with Crippen LogP contribution in [0.4, 0.5) is 0 Å². The smallest absolute Gasteiger partial charge is 0.208 e. The first kappa shape index (κ1) is 16.8. The van der Waals surface area contributed by atoms with Crippen LogP contribution in [0.25, 0.3) is 0 Å². The third-order valence-electron chi connectivity index (χ3n) is 6.15. The second kappa shape index (κ2) is 6.93. The number of fused-ring (bicyclic) bond motifs is 2. The Morgan fingerprint density at radius 1 is 1.12 bits per heavy atom. The summed E-state index contributed by atoms with van der Waals surface area (Å²) in [6.45, 7) is 5.93. The van der Waals surface area contributed by atoms with Gasteiger partial charge in [-0.05, 0) is 52.1 Å². The quantitative estimate of drug-likeness (QED) is 0.826. The van der Waals surface area contributed by atoms with Gasteiger partial charge in [0.05, 0.1) is 12.2 Å². The zero-order valence-electron chi connectivity index (χ0n) is 15.6. The molecule has 4 rings (SSSR count). The Morgan fingerprint density at radius 2 is 1.80 bits per heavy atom. The Kier molecular flexibility index (Phi) is 4.65. The summed E-state index contributed by atoms with van der Waals surface area (Å²) in [5, 5.41) is 0. The maximum Gasteiger partial charge on any atom is 0.208 e. The van der Waals surface area contributed by atoms with E-state index in [1.54, 1.807) is 0 Å². The van der Waals surface area contributed by atoms with Crippen LogP contribution in [0.2, 0.25) is 0 Å². The lowest BCUT2D eigenvalue weighted by Gasteiger charge is -2.42. The lowest BCUT2D eigenvalue weighted by atomic mass is 9.95. The molecule has 1 aromatic heterocycles. The van der Waals surface area contributed by atoms with Crippen molar-refractivity contribution in [2.75, 3.05) is 7.05 Å². The summed E-state index contributed by atoms with van der Waals surface area (Å²) in [4.78, 5) is 9.75. The highest BCUT2D eigenvalue weighted by molar-refractivity contribution is 5.16. The van der Waals surface area contributed by atoms with Gasteiger partial charge in [-0.2, -0.15) is 0 Å². The topological polar surface area (TPSA) is 32.5 Å². The summed E-state index contributed by atoms with van der Waals surface area (Å²) in [6.07, 6.45) is 5.22. The minimum absolute atomic E-state index is 0.636. The Balaban J connectivity index is 1.39. The van der Waals surface area contributed by atoms with E-state index in [1.807, 2.05) is 13.8 Å². The van der Waals surface area contributed by atoms with Crippen molar-refractivity contribution in [3.05, 3.63) is 53.2 Å². The summed E-state index contributed by atoms with van der Waals surface area (Å²) >= 11 is 0. The molecule has 0 radical (unpaired) electrons. The zero-order chi connectivity index (χ0) is 17.4. The van der Waals surface area contributed by atoms with Crippen molar-refractivity contribution in [1.82, 2.24) is 14.8 Å². The molecule has 134 valence electrons. The van der Waals surface area contributed by atoms with E-state index in [9.17, 15) is 0 Å². The van der Waals surface area contributed by atoms with E-state index < -0.39 is 0 Å². The lowest BCUT2D eigenvalue weighted by Crippen LogP contribution is -2.48. The first-order valence-corrected chi connectivity index (χ1v) is 9.53. The minimum atomic E-state index is 0.636. The van der Waals surface area contributed by atoms with Gasteiger partial charge in [0.2, 0.25) is 5.89 Å². The van der Waals surface area contributed by atoms with Crippen molar-refractivity contribution in [1.29, 1.82) is 0 Å². The summed E-state index contributed by atoms with van der Waals surface area (Å²) < 4.78 is 5.78. The average molecular weight is 339 g/mol. The zero-order valence-corrected chi connectivity index (χ0v) is 15.6. The number of nitrogens with zero attached hydrogens (tertiary/aromatic N) is 3. The maximum atomic E-state index is 5.78. The fourth-order valence-electron chi connectivity index (χ4n) is 4.61. The highest BCUT2D eigenvalue weighted by Gasteiger charge is 2.41. The highest BCUT2D eigenvalue weighted by Crippen LogP contribution is 2.38. The van der Waals surface area contributed by atoms with E-state index in [0.29, 0.717) is 6.04 Å². The molecule has 4 nitrogen and oxygen atoms in total.